The Morgan fingerprint density at radius 1 is 0.300 bits per heavy atom. The molecule has 0 amide bonds. The van der Waals surface area contributed by atoms with Gasteiger partial charge in [-0.05, 0) is 104 Å². The summed E-state index contributed by atoms with van der Waals surface area (Å²) in [6.07, 6.45) is 2.23. The first-order chi connectivity index (χ1) is 29.8. The molecule has 0 atom stereocenters. The zero-order valence-electron chi connectivity index (χ0n) is 33.0. The van der Waals surface area contributed by atoms with Crippen LogP contribution in [0.2, 0.25) is 0 Å². The molecule has 0 aliphatic heterocycles. The number of fused-ring (bicyclic) bond motifs is 5. The van der Waals surface area contributed by atoms with Crippen molar-refractivity contribution in [2.75, 3.05) is 4.90 Å². The summed E-state index contributed by atoms with van der Waals surface area (Å²) in [6.45, 7) is 0. The lowest BCUT2D eigenvalue weighted by atomic mass is 9.94. The number of nitrogens with zero attached hydrogens (tertiary/aromatic N) is 2. The first-order valence-corrected chi connectivity index (χ1v) is 20.6. The molecule has 11 aromatic rings. The lowest BCUT2D eigenvalue weighted by molar-refractivity contribution is 1.27. The Labute approximate surface area is 350 Å². The number of hydrogen-bond acceptors (Lipinski definition) is 1. The fourth-order valence-corrected chi connectivity index (χ4v) is 8.92. The Morgan fingerprint density at radius 3 is 1.50 bits per heavy atom. The minimum absolute atomic E-state index is 1.10. The molecule has 9 aromatic carbocycles. The van der Waals surface area contributed by atoms with Crippen molar-refractivity contribution in [3.8, 4) is 55.6 Å². The van der Waals surface area contributed by atoms with Crippen molar-refractivity contribution in [1.82, 2.24) is 4.40 Å². The molecule has 2 heteroatoms. The summed E-state index contributed by atoms with van der Waals surface area (Å²) in [4.78, 5) is 2.34. The van der Waals surface area contributed by atoms with E-state index in [1.165, 1.54) is 82.8 Å². The predicted octanol–water partition coefficient (Wildman–Crippen LogP) is 16.1. The smallest absolute Gasteiger partial charge is 0.0619 e. The van der Waals surface area contributed by atoms with Crippen molar-refractivity contribution < 1.29 is 0 Å². The van der Waals surface area contributed by atoms with Gasteiger partial charge in [0.15, 0.2) is 0 Å². The van der Waals surface area contributed by atoms with Crippen molar-refractivity contribution in [2.24, 2.45) is 0 Å². The number of para-hydroxylation sites is 1. The fourth-order valence-electron chi connectivity index (χ4n) is 8.92. The molecule has 2 aromatic heterocycles. The molecule has 0 fully saturated rings. The standard InChI is InChI=1S/C58H40N2/c1-4-15-43(16-5-1)52-24-12-13-25-53(52)45-31-34-50(35-32-45)60(49-21-8-3-9-22-49)51-23-14-20-47(39-51)41-27-29-42(30-28-41)48-33-36-55-56(40-48)59-38-37-44-17-10-11-26-54(44)58(59)57(55)46-18-6-2-7-19-46/h1-40H. The number of rotatable bonds is 8. The van der Waals surface area contributed by atoms with Crippen molar-refractivity contribution in [2.45, 2.75) is 0 Å². The van der Waals surface area contributed by atoms with E-state index in [1.807, 2.05) is 0 Å². The van der Waals surface area contributed by atoms with Crippen LogP contribution < -0.4 is 4.90 Å². The van der Waals surface area contributed by atoms with Crippen LogP contribution >= 0.6 is 0 Å². The van der Waals surface area contributed by atoms with E-state index in [0.29, 0.717) is 0 Å². The lowest BCUT2D eigenvalue weighted by Gasteiger charge is -2.26. The molecule has 0 aliphatic carbocycles. The van der Waals surface area contributed by atoms with Crippen LogP contribution in [0.25, 0.3) is 82.8 Å². The van der Waals surface area contributed by atoms with Crippen molar-refractivity contribution in [3.63, 3.8) is 0 Å². The summed E-state index contributed by atoms with van der Waals surface area (Å²) < 4.78 is 2.37. The van der Waals surface area contributed by atoms with E-state index in [4.69, 9.17) is 0 Å². The van der Waals surface area contributed by atoms with Crippen molar-refractivity contribution in [3.05, 3.63) is 243 Å². The maximum Gasteiger partial charge on any atom is 0.0619 e. The monoisotopic (exact) mass is 764 g/mol. The molecule has 282 valence electrons. The van der Waals surface area contributed by atoms with Gasteiger partial charge in [0.05, 0.1) is 11.0 Å². The van der Waals surface area contributed by atoms with Crippen LogP contribution in [0.5, 0.6) is 0 Å². The SMILES string of the molecule is c1ccc(-c2ccccc2-c2ccc(N(c3ccccc3)c3cccc(-c4ccc(-c5ccc6c(-c7ccccc7)c7c8ccccc8ccn7c6c5)cc4)c3)cc2)cc1. The molecule has 2 heterocycles. The van der Waals surface area contributed by atoms with Gasteiger partial charge >= 0.3 is 0 Å². The number of anilines is 3. The second-order valence-corrected chi connectivity index (χ2v) is 15.4. The number of pyridine rings is 1. The molecule has 0 spiro atoms. The van der Waals surface area contributed by atoms with E-state index >= 15 is 0 Å². The van der Waals surface area contributed by atoms with Gasteiger partial charge in [-0.15, -0.1) is 0 Å². The Morgan fingerprint density at radius 2 is 0.800 bits per heavy atom. The largest absolute Gasteiger partial charge is 0.315 e. The van der Waals surface area contributed by atoms with Gasteiger partial charge in [0.2, 0.25) is 0 Å². The molecule has 60 heavy (non-hydrogen) atoms. The van der Waals surface area contributed by atoms with Gasteiger partial charge in [-0.25, -0.2) is 0 Å². The highest BCUT2D eigenvalue weighted by atomic mass is 15.1. The molecular formula is C58H40N2. The lowest BCUT2D eigenvalue weighted by Crippen LogP contribution is -2.09. The van der Waals surface area contributed by atoms with Gasteiger partial charge in [-0.3, -0.25) is 0 Å². The molecule has 2 nitrogen and oxygen atoms in total. The Kier molecular flexibility index (Phi) is 8.87. The van der Waals surface area contributed by atoms with Gasteiger partial charge in [-0.1, -0.05) is 188 Å². The third kappa shape index (κ3) is 6.32. The summed E-state index contributed by atoms with van der Waals surface area (Å²) in [7, 11) is 0. The van der Waals surface area contributed by atoms with E-state index in [0.717, 1.165) is 17.1 Å². The maximum atomic E-state index is 2.37. The zero-order valence-corrected chi connectivity index (χ0v) is 33.0. The average molecular weight is 765 g/mol. The van der Waals surface area contributed by atoms with E-state index in [1.54, 1.807) is 0 Å². The Bertz CT molecular complexity index is 3270. The van der Waals surface area contributed by atoms with Gasteiger partial charge in [-0.2, -0.15) is 0 Å². The van der Waals surface area contributed by atoms with Crippen LogP contribution in [0.4, 0.5) is 17.1 Å². The van der Waals surface area contributed by atoms with E-state index in [9.17, 15) is 0 Å². The number of aromatic nitrogens is 1. The molecule has 0 saturated heterocycles. The third-order valence-corrected chi connectivity index (χ3v) is 11.8. The molecule has 0 bridgehead atoms. The molecular weight excluding hydrogens is 725 g/mol. The van der Waals surface area contributed by atoms with Crippen molar-refractivity contribution >= 4 is 44.3 Å². The quantitative estimate of drug-likeness (QED) is 0.150. The number of hydrogen-bond donors (Lipinski definition) is 0. The predicted molar refractivity (Wildman–Crippen MR) is 254 cm³/mol. The first-order valence-electron chi connectivity index (χ1n) is 20.6. The van der Waals surface area contributed by atoms with Crippen LogP contribution in [0.3, 0.4) is 0 Å². The summed E-state index contributed by atoms with van der Waals surface area (Å²) in [5, 5.41) is 3.76. The maximum absolute atomic E-state index is 2.37. The highest BCUT2D eigenvalue weighted by Crippen LogP contribution is 2.42. The molecule has 0 unspecified atom stereocenters. The zero-order chi connectivity index (χ0) is 39.8. The Hall–Kier alpha value is -7.94. The molecule has 0 radical (unpaired) electrons. The van der Waals surface area contributed by atoms with Crippen LogP contribution in [0.15, 0.2) is 243 Å². The average Bonchev–Trinajstić information content (AvgIpc) is 3.67. The van der Waals surface area contributed by atoms with Gasteiger partial charge in [0, 0.05) is 39.6 Å². The highest BCUT2D eigenvalue weighted by Gasteiger charge is 2.18. The second kappa shape index (κ2) is 15.1. The summed E-state index contributed by atoms with van der Waals surface area (Å²) in [5.74, 6) is 0. The third-order valence-electron chi connectivity index (χ3n) is 11.8. The van der Waals surface area contributed by atoms with Gasteiger partial charge < -0.3 is 9.30 Å². The van der Waals surface area contributed by atoms with Crippen LogP contribution in [-0.2, 0) is 0 Å². The second-order valence-electron chi connectivity index (χ2n) is 15.4. The summed E-state index contributed by atoms with van der Waals surface area (Å²) >= 11 is 0. The molecule has 11 rings (SSSR count). The summed E-state index contributed by atoms with van der Waals surface area (Å²) in [5.41, 5.74) is 17.9. The minimum Gasteiger partial charge on any atom is -0.315 e. The van der Waals surface area contributed by atoms with Gasteiger partial charge in [0.1, 0.15) is 0 Å². The summed E-state index contributed by atoms with van der Waals surface area (Å²) in [6, 6.07) is 85.4. The normalized spacial score (nSPS) is 11.3. The van der Waals surface area contributed by atoms with E-state index < -0.39 is 0 Å². The van der Waals surface area contributed by atoms with E-state index in [2.05, 4.69) is 252 Å². The topological polar surface area (TPSA) is 7.65 Å². The first kappa shape index (κ1) is 35.2. The van der Waals surface area contributed by atoms with Crippen LogP contribution in [0, 0.1) is 0 Å². The Balaban J connectivity index is 0.937. The van der Waals surface area contributed by atoms with Crippen LogP contribution in [-0.4, -0.2) is 4.40 Å². The number of benzene rings is 9. The molecule has 0 N–H and O–H groups in total. The minimum atomic E-state index is 1.10. The van der Waals surface area contributed by atoms with Crippen molar-refractivity contribution in [1.29, 1.82) is 0 Å². The molecule has 0 saturated carbocycles. The highest BCUT2D eigenvalue weighted by molar-refractivity contribution is 6.15. The van der Waals surface area contributed by atoms with Crippen LogP contribution in [0.1, 0.15) is 0 Å². The van der Waals surface area contributed by atoms with E-state index in [-0.39, 0.29) is 0 Å². The fraction of sp³-hybridized carbons (Fsp3) is 0. The molecule has 0 aliphatic rings. The van der Waals surface area contributed by atoms with Gasteiger partial charge in [0.25, 0.3) is 0 Å².